The normalized spacial score (nSPS) is 10.3. The van der Waals surface area contributed by atoms with Crippen LogP contribution in [-0.2, 0) is 6.61 Å². The minimum Gasteiger partial charge on any atom is -0.487 e. The molecule has 0 aliphatic rings. The fourth-order valence-electron chi connectivity index (χ4n) is 2.40. The van der Waals surface area contributed by atoms with Crippen molar-refractivity contribution in [2.24, 2.45) is 0 Å². The number of benzene rings is 1. The van der Waals surface area contributed by atoms with E-state index < -0.39 is 0 Å². The van der Waals surface area contributed by atoms with Gasteiger partial charge in [0.05, 0.1) is 29.2 Å². The quantitative estimate of drug-likeness (QED) is 0.741. The zero-order valence-electron chi connectivity index (χ0n) is 13.0. The number of aromatic nitrogens is 3. The third kappa shape index (κ3) is 3.06. The molecule has 0 atom stereocenters. The van der Waals surface area contributed by atoms with E-state index in [9.17, 15) is 0 Å². The van der Waals surface area contributed by atoms with Crippen molar-refractivity contribution < 1.29 is 4.74 Å². The molecule has 1 aromatic carbocycles. The molecular formula is C18H16N4O. The lowest BCUT2D eigenvalue weighted by Gasteiger charge is -2.07. The first-order valence-electron chi connectivity index (χ1n) is 7.27. The second-order valence-corrected chi connectivity index (χ2v) is 5.20. The molecule has 0 amide bonds. The lowest BCUT2D eigenvalue weighted by Crippen LogP contribution is -2.01. The van der Waals surface area contributed by atoms with Crippen LogP contribution in [0.4, 0.5) is 0 Å². The van der Waals surface area contributed by atoms with Gasteiger partial charge in [-0.05, 0) is 50.2 Å². The maximum Gasteiger partial charge on any atom is 0.138 e. The smallest absolute Gasteiger partial charge is 0.138 e. The standard InChI is InChI=1S/C18H16N4O/c1-13-18(12-23-17-4-3-9-20-11-17)14(2)22(21-13)16-7-5-15(10-19)6-8-16/h3-9,11H,12H2,1-2H3. The maximum absolute atomic E-state index is 8.89. The molecular weight excluding hydrogens is 288 g/mol. The Morgan fingerprint density at radius 1 is 1.17 bits per heavy atom. The van der Waals surface area contributed by atoms with Gasteiger partial charge in [0.25, 0.3) is 0 Å². The molecule has 0 saturated carbocycles. The van der Waals surface area contributed by atoms with Crippen LogP contribution in [0.1, 0.15) is 22.5 Å². The van der Waals surface area contributed by atoms with Crippen molar-refractivity contribution in [3.8, 4) is 17.5 Å². The van der Waals surface area contributed by atoms with E-state index in [2.05, 4.69) is 16.2 Å². The van der Waals surface area contributed by atoms with Crippen molar-refractivity contribution >= 4 is 0 Å². The summed E-state index contributed by atoms with van der Waals surface area (Å²) in [6.07, 6.45) is 3.40. The van der Waals surface area contributed by atoms with E-state index in [0.29, 0.717) is 12.2 Å². The summed E-state index contributed by atoms with van der Waals surface area (Å²) in [6, 6.07) is 13.2. The van der Waals surface area contributed by atoms with Gasteiger partial charge in [0.1, 0.15) is 12.4 Å². The number of rotatable bonds is 4. The third-order valence-electron chi connectivity index (χ3n) is 3.70. The highest BCUT2D eigenvalue weighted by atomic mass is 16.5. The second kappa shape index (κ2) is 6.32. The molecule has 2 aromatic heterocycles. The van der Waals surface area contributed by atoms with Gasteiger partial charge in [-0.25, -0.2) is 4.68 Å². The Morgan fingerprint density at radius 3 is 2.61 bits per heavy atom. The zero-order valence-corrected chi connectivity index (χ0v) is 13.0. The molecule has 0 aliphatic carbocycles. The summed E-state index contributed by atoms with van der Waals surface area (Å²) < 4.78 is 7.65. The average molecular weight is 304 g/mol. The number of hydrogen-bond acceptors (Lipinski definition) is 4. The molecule has 3 aromatic rings. The van der Waals surface area contributed by atoms with Crippen LogP contribution < -0.4 is 4.74 Å². The van der Waals surface area contributed by atoms with Gasteiger partial charge in [-0.1, -0.05) is 0 Å². The summed E-state index contributed by atoms with van der Waals surface area (Å²) in [5.41, 5.74) is 4.57. The van der Waals surface area contributed by atoms with Crippen LogP contribution in [0.3, 0.4) is 0 Å². The van der Waals surface area contributed by atoms with Crippen LogP contribution in [0.15, 0.2) is 48.8 Å². The Bertz CT molecular complexity index is 845. The van der Waals surface area contributed by atoms with Crippen molar-refractivity contribution in [3.63, 3.8) is 0 Å². The molecule has 0 unspecified atom stereocenters. The molecule has 0 bridgehead atoms. The molecule has 0 N–H and O–H groups in total. The van der Waals surface area contributed by atoms with Gasteiger partial charge in [-0.15, -0.1) is 0 Å². The molecule has 5 heteroatoms. The summed E-state index contributed by atoms with van der Waals surface area (Å²) in [4.78, 5) is 4.04. The largest absolute Gasteiger partial charge is 0.487 e. The molecule has 114 valence electrons. The van der Waals surface area contributed by atoms with Crippen molar-refractivity contribution in [1.82, 2.24) is 14.8 Å². The Kier molecular flexibility index (Phi) is 4.07. The lowest BCUT2D eigenvalue weighted by atomic mass is 10.2. The van der Waals surface area contributed by atoms with Crippen molar-refractivity contribution in [1.29, 1.82) is 5.26 Å². The van der Waals surface area contributed by atoms with Crippen LogP contribution in [0, 0.1) is 25.2 Å². The minimum atomic E-state index is 0.444. The Labute approximate surface area is 134 Å². The summed E-state index contributed by atoms with van der Waals surface area (Å²) in [5.74, 6) is 0.734. The third-order valence-corrected chi connectivity index (χ3v) is 3.70. The first-order chi connectivity index (χ1) is 11.2. The first kappa shape index (κ1) is 14.8. The van der Waals surface area contributed by atoms with E-state index in [1.54, 1.807) is 24.5 Å². The highest BCUT2D eigenvalue weighted by Gasteiger charge is 2.13. The average Bonchev–Trinajstić information content (AvgIpc) is 2.88. The zero-order chi connectivity index (χ0) is 16.2. The van der Waals surface area contributed by atoms with Crippen molar-refractivity contribution in [2.45, 2.75) is 20.5 Å². The van der Waals surface area contributed by atoms with E-state index >= 15 is 0 Å². The highest BCUT2D eigenvalue weighted by molar-refractivity contribution is 5.41. The molecule has 0 saturated heterocycles. The van der Waals surface area contributed by atoms with Gasteiger partial charge in [-0.3, -0.25) is 4.98 Å². The fraction of sp³-hybridized carbons (Fsp3) is 0.167. The Morgan fingerprint density at radius 2 is 1.96 bits per heavy atom. The van der Waals surface area contributed by atoms with Gasteiger partial charge >= 0.3 is 0 Å². The number of nitrogens with zero attached hydrogens (tertiary/aromatic N) is 4. The second-order valence-electron chi connectivity index (χ2n) is 5.20. The molecule has 3 rings (SSSR count). The van der Waals surface area contributed by atoms with E-state index in [4.69, 9.17) is 10.00 Å². The molecule has 0 spiro atoms. The van der Waals surface area contributed by atoms with Crippen LogP contribution in [0.5, 0.6) is 5.75 Å². The summed E-state index contributed by atoms with van der Waals surface area (Å²) in [5, 5.41) is 13.5. The first-order valence-corrected chi connectivity index (χ1v) is 7.27. The minimum absolute atomic E-state index is 0.444. The van der Waals surface area contributed by atoms with E-state index in [-0.39, 0.29) is 0 Å². The summed E-state index contributed by atoms with van der Waals surface area (Å²) >= 11 is 0. The molecule has 2 heterocycles. The number of aryl methyl sites for hydroxylation is 1. The van der Waals surface area contributed by atoms with Gasteiger partial charge in [-0.2, -0.15) is 10.4 Å². The maximum atomic E-state index is 8.89. The van der Waals surface area contributed by atoms with Gasteiger partial charge in [0.2, 0.25) is 0 Å². The molecule has 5 nitrogen and oxygen atoms in total. The fourth-order valence-corrected chi connectivity index (χ4v) is 2.40. The topological polar surface area (TPSA) is 63.7 Å². The summed E-state index contributed by atoms with van der Waals surface area (Å²) in [6.45, 7) is 4.43. The van der Waals surface area contributed by atoms with Crippen molar-refractivity contribution in [2.75, 3.05) is 0 Å². The number of ether oxygens (including phenoxy) is 1. The molecule has 23 heavy (non-hydrogen) atoms. The molecule has 0 aliphatic heterocycles. The van der Waals surface area contributed by atoms with Gasteiger partial charge in [0.15, 0.2) is 0 Å². The predicted octanol–water partition coefficient (Wildman–Crippen LogP) is 3.33. The van der Waals surface area contributed by atoms with E-state index in [1.165, 1.54) is 0 Å². The summed E-state index contributed by atoms with van der Waals surface area (Å²) in [7, 11) is 0. The number of hydrogen-bond donors (Lipinski definition) is 0. The molecule has 0 radical (unpaired) electrons. The van der Waals surface area contributed by atoms with Crippen molar-refractivity contribution in [3.05, 3.63) is 71.3 Å². The van der Waals surface area contributed by atoms with Gasteiger partial charge in [0, 0.05) is 17.5 Å². The Balaban J connectivity index is 1.85. The van der Waals surface area contributed by atoms with E-state index in [0.717, 1.165) is 28.4 Å². The van der Waals surface area contributed by atoms with Gasteiger partial charge < -0.3 is 4.74 Å². The SMILES string of the molecule is Cc1nn(-c2ccc(C#N)cc2)c(C)c1COc1cccnc1. The number of nitriles is 1. The lowest BCUT2D eigenvalue weighted by molar-refractivity contribution is 0.303. The van der Waals surface area contributed by atoms with Crippen LogP contribution in [0.25, 0.3) is 5.69 Å². The molecule has 0 fully saturated rings. The highest BCUT2D eigenvalue weighted by Crippen LogP contribution is 2.20. The monoisotopic (exact) mass is 304 g/mol. The predicted molar refractivity (Wildman–Crippen MR) is 86.3 cm³/mol. The number of pyridine rings is 1. The van der Waals surface area contributed by atoms with Crippen LogP contribution in [-0.4, -0.2) is 14.8 Å². The Hall–Kier alpha value is -3.13. The van der Waals surface area contributed by atoms with E-state index in [1.807, 2.05) is 42.8 Å². The van der Waals surface area contributed by atoms with Crippen LogP contribution in [0.2, 0.25) is 0 Å². The van der Waals surface area contributed by atoms with Crippen LogP contribution >= 0.6 is 0 Å².